The largest absolute Gasteiger partial charge is 0.339 e. The number of carbonyl (C=O) groups is 3. The van der Waals surface area contributed by atoms with Crippen molar-refractivity contribution >= 4 is 29.3 Å². The van der Waals surface area contributed by atoms with E-state index in [1.807, 2.05) is 24.3 Å². The lowest BCUT2D eigenvalue weighted by Gasteiger charge is -2.35. The third-order valence-electron chi connectivity index (χ3n) is 5.19. The zero-order valence-corrected chi connectivity index (χ0v) is 16.1. The molecule has 3 amide bonds. The molecule has 2 aliphatic rings. The van der Waals surface area contributed by atoms with E-state index in [9.17, 15) is 14.4 Å². The quantitative estimate of drug-likeness (QED) is 0.743. The lowest BCUT2D eigenvalue weighted by atomic mass is 10.1. The van der Waals surface area contributed by atoms with Crippen molar-refractivity contribution in [3.05, 3.63) is 70.2 Å². The van der Waals surface area contributed by atoms with Crippen LogP contribution < -0.4 is 0 Å². The number of imide groups is 1. The first-order chi connectivity index (χ1) is 13.5. The van der Waals surface area contributed by atoms with Crippen LogP contribution in [0.25, 0.3) is 0 Å². The highest BCUT2D eigenvalue weighted by atomic mass is 35.5. The Morgan fingerprint density at radius 1 is 0.893 bits per heavy atom. The Balaban J connectivity index is 1.32. The van der Waals surface area contributed by atoms with Crippen LogP contribution in [-0.2, 0) is 11.3 Å². The summed E-state index contributed by atoms with van der Waals surface area (Å²) in [4.78, 5) is 42.5. The van der Waals surface area contributed by atoms with Crippen LogP contribution in [0, 0.1) is 0 Å². The van der Waals surface area contributed by atoms with Gasteiger partial charge in [0.1, 0.15) is 6.54 Å². The van der Waals surface area contributed by atoms with Gasteiger partial charge in [-0.1, -0.05) is 35.9 Å². The van der Waals surface area contributed by atoms with Crippen molar-refractivity contribution in [1.82, 2.24) is 14.7 Å². The molecule has 0 radical (unpaired) electrons. The van der Waals surface area contributed by atoms with Crippen LogP contribution in [0.15, 0.2) is 48.5 Å². The molecule has 2 aromatic rings. The molecule has 2 aromatic carbocycles. The minimum atomic E-state index is -0.395. The van der Waals surface area contributed by atoms with Gasteiger partial charge in [-0.3, -0.25) is 24.2 Å². The highest BCUT2D eigenvalue weighted by Crippen LogP contribution is 2.22. The molecule has 0 bridgehead atoms. The second kappa shape index (κ2) is 7.73. The third kappa shape index (κ3) is 3.66. The fourth-order valence-electron chi connectivity index (χ4n) is 3.67. The lowest BCUT2D eigenvalue weighted by Crippen LogP contribution is -2.51. The predicted octanol–water partition coefficient (Wildman–Crippen LogP) is 2.28. The molecule has 0 saturated carbocycles. The van der Waals surface area contributed by atoms with Gasteiger partial charge in [-0.25, -0.2) is 0 Å². The molecule has 0 unspecified atom stereocenters. The van der Waals surface area contributed by atoms with Crippen molar-refractivity contribution in [3.8, 4) is 0 Å². The van der Waals surface area contributed by atoms with Gasteiger partial charge >= 0.3 is 0 Å². The van der Waals surface area contributed by atoms with Crippen LogP contribution in [0.2, 0.25) is 5.02 Å². The average molecular weight is 398 g/mol. The van der Waals surface area contributed by atoms with E-state index in [0.29, 0.717) is 29.2 Å². The summed E-state index contributed by atoms with van der Waals surface area (Å²) < 4.78 is 0. The van der Waals surface area contributed by atoms with Crippen LogP contribution in [0.1, 0.15) is 26.3 Å². The molecule has 1 saturated heterocycles. The maximum Gasteiger partial charge on any atom is 0.262 e. The van der Waals surface area contributed by atoms with Crippen molar-refractivity contribution in [3.63, 3.8) is 0 Å². The van der Waals surface area contributed by atoms with E-state index in [-0.39, 0.29) is 12.5 Å². The maximum atomic E-state index is 12.6. The molecule has 1 fully saturated rings. The van der Waals surface area contributed by atoms with E-state index < -0.39 is 11.8 Å². The maximum absolute atomic E-state index is 12.6. The van der Waals surface area contributed by atoms with Crippen molar-refractivity contribution in [1.29, 1.82) is 0 Å². The molecule has 28 heavy (non-hydrogen) atoms. The van der Waals surface area contributed by atoms with Crippen LogP contribution in [-0.4, -0.2) is 65.1 Å². The predicted molar refractivity (Wildman–Crippen MR) is 105 cm³/mol. The first kappa shape index (κ1) is 18.7. The number of halogens is 1. The van der Waals surface area contributed by atoms with Gasteiger partial charge in [0.2, 0.25) is 5.91 Å². The minimum Gasteiger partial charge on any atom is -0.339 e. The molecule has 2 aliphatic heterocycles. The topological polar surface area (TPSA) is 60.9 Å². The first-order valence-corrected chi connectivity index (χ1v) is 9.60. The van der Waals surface area contributed by atoms with Gasteiger partial charge in [-0.15, -0.1) is 0 Å². The molecule has 6 nitrogen and oxygen atoms in total. The molecular formula is C21H20ClN3O3. The van der Waals surface area contributed by atoms with E-state index in [1.165, 1.54) is 0 Å². The summed E-state index contributed by atoms with van der Waals surface area (Å²) >= 11 is 6.03. The van der Waals surface area contributed by atoms with Crippen LogP contribution in [0.4, 0.5) is 0 Å². The number of hydrogen-bond donors (Lipinski definition) is 0. The zero-order valence-electron chi connectivity index (χ0n) is 15.3. The van der Waals surface area contributed by atoms with Gasteiger partial charge in [0.15, 0.2) is 0 Å². The van der Waals surface area contributed by atoms with Crippen LogP contribution in [0.5, 0.6) is 0 Å². The molecule has 4 rings (SSSR count). The highest BCUT2D eigenvalue weighted by molar-refractivity contribution is 6.30. The second-order valence-electron chi connectivity index (χ2n) is 7.03. The summed E-state index contributed by atoms with van der Waals surface area (Å²) in [6, 6.07) is 14.4. The summed E-state index contributed by atoms with van der Waals surface area (Å²) in [5.74, 6) is -0.987. The van der Waals surface area contributed by atoms with Gasteiger partial charge in [0.25, 0.3) is 11.8 Å². The van der Waals surface area contributed by atoms with Crippen LogP contribution >= 0.6 is 11.6 Å². The Bertz CT molecular complexity index is 903. The summed E-state index contributed by atoms with van der Waals surface area (Å²) in [5.41, 5.74) is 1.87. The van der Waals surface area contributed by atoms with E-state index in [0.717, 1.165) is 30.1 Å². The van der Waals surface area contributed by atoms with Crippen molar-refractivity contribution in [2.24, 2.45) is 0 Å². The summed E-state index contributed by atoms with van der Waals surface area (Å²) in [6.45, 7) is 3.19. The molecule has 0 spiro atoms. The van der Waals surface area contributed by atoms with E-state index in [1.54, 1.807) is 29.2 Å². The average Bonchev–Trinajstić information content (AvgIpc) is 2.94. The van der Waals surface area contributed by atoms with Gasteiger partial charge in [-0.05, 0) is 29.8 Å². The number of rotatable bonds is 4. The van der Waals surface area contributed by atoms with E-state index in [4.69, 9.17) is 11.6 Å². The summed E-state index contributed by atoms with van der Waals surface area (Å²) in [6.07, 6.45) is 0. The zero-order chi connectivity index (χ0) is 19.7. The minimum absolute atomic E-state index is 0.197. The monoisotopic (exact) mass is 397 g/mol. The van der Waals surface area contributed by atoms with Gasteiger partial charge in [0.05, 0.1) is 11.1 Å². The fourth-order valence-corrected chi connectivity index (χ4v) is 3.88. The van der Waals surface area contributed by atoms with Gasteiger partial charge in [-0.2, -0.15) is 0 Å². The standard InChI is InChI=1S/C21H20ClN3O3/c22-16-5-3-4-15(12-16)13-23-8-10-24(11-9-23)19(26)14-25-20(27)17-6-1-2-7-18(17)21(25)28/h1-7,12H,8-11,13-14H2. The third-order valence-corrected chi connectivity index (χ3v) is 5.43. The van der Waals surface area contributed by atoms with Gasteiger partial charge < -0.3 is 4.90 Å². The second-order valence-corrected chi connectivity index (χ2v) is 7.47. The van der Waals surface area contributed by atoms with E-state index in [2.05, 4.69) is 4.90 Å². The first-order valence-electron chi connectivity index (χ1n) is 9.23. The molecule has 0 aliphatic carbocycles. The Morgan fingerprint density at radius 2 is 1.54 bits per heavy atom. The number of nitrogens with zero attached hydrogens (tertiary/aromatic N) is 3. The van der Waals surface area contributed by atoms with E-state index >= 15 is 0 Å². The Morgan fingerprint density at radius 3 is 2.14 bits per heavy atom. The number of amides is 3. The van der Waals surface area contributed by atoms with Crippen molar-refractivity contribution in [2.75, 3.05) is 32.7 Å². The number of fused-ring (bicyclic) bond motifs is 1. The molecule has 0 N–H and O–H groups in total. The molecular weight excluding hydrogens is 378 g/mol. The molecule has 0 atom stereocenters. The number of piperazine rings is 1. The van der Waals surface area contributed by atoms with Crippen molar-refractivity contribution < 1.29 is 14.4 Å². The van der Waals surface area contributed by atoms with Gasteiger partial charge in [0, 0.05) is 37.7 Å². The summed E-state index contributed by atoms with van der Waals surface area (Å²) in [5, 5.41) is 0.715. The lowest BCUT2D eigenvalue weighted by molar-refractivity contribution is -0.133. The van der Waals surface area contributed by atoms with Crippen molar-refractivity contribution in [2.45, 2.75) is 6.54 Å². The highest BCUT2D eigenvalue weighted by Gasteiger charge is 2.37. The Kier molecular flexibility index (Phi) is 5.15. The SMILES string of the molecule is O=C(CN1C(=O)c2ccccc2C1=O)N1CCN(Cc2cccc(Cl)c2)CC1. The number of hydrogen-bond acceptors (Lipinski definition) is 4. The van der Waals surface area contributed by atoms with Crippen LogP contribution in [0.3, 0.4) is 0 Å². The fraction of sp³-hybridized carbons (Fsp3) is 0.286. The molecule has 0 aromatic heterocycles. The molecule has 7 heteroatoms. The Hall–Kier alpha value is -2.70. The molecule has 2 heterocycles. The number of carbonyl (C=O) groups excluding carboxylic acids is 3. The molecule has 144 valence electrons. The number of benzene rings is 2. The normalized spacial score (nSPS) is 17.2. The smallest absolute Gasteiger partial charge is 0.262 e. The summed E-state index contributed by atoms with van der Waals surface area (Å²) in [7, 11) is 0. The Labute approximate surface area is 168 Å².